The van der Waals surface area contributed by atoms with Crippen LogP contribution < -0.4 is 10.0 Å². The first-order chi connectivity index (χ1) is 7.58. The van der Waals surface area contributed by atoms with E-state index in [4.69, 9.17) is 0 Å². The fourth-order valence-corrected chi connectivity index (χ4v) is 4.03. The number of piperidine rings is 1. The fourth-order valence-electron chi connectivity index (χ4n) is 1.69. The molecule has 1 unspecified atom stereocenters. The third-order valence-electron chi connectivity index (χ3n) is 2.54. The van der Waals surface area contributed by atoms with Crippen LogP contribution in [0.3, 0.4) is 0 Å². The largest absolute Gasteiger partial charge is 0.315 e. The number of anilines is 1. The van der Waals surface area contributed by atoms with Crippen molar-refractivity contribution in [3.05, 3.63) is 11.1 Å². The topological polar surface area (TPSA) is 71.1 Å². The van der Waals surface area contributed by atoms with E-state index < -0.39 is 10.0 Å². The summed E-state index contributed by atoms with van der Waals surface area (Å²) in [6, 6.07) is 0. The van der Waals surface area contributed by atoms with Gasteiger partial charge in [-0.15, -0.1) is 11.3 Å². The van der Waals surface area contributed by atoms with Crippen molar-refractivity contribution in [2.24, 2.45) is 0 Å². The molecule has 2 heterocycles. The van der Waals surface area contributed by atoms with E-state index in [9.17, 15) is 8.42 Å². The maximum atomic E-state index is 12.0. The molecule has 1 aliphatic rings. The first kappa shape index (κ1) is 11.8. The molecular weight excluding hydrogens is 246 g/mol. The second-order valence-corrected chi connectivity index (χ2v) is 6.73. The Balaban J connectivity index is 2.07. The van der Waals surface area contributed by atoms with Crippen molar-refractivity contribution in [2.75, 3.05) is 17.8 Å². The van der Waals surface area contributed by atoms with E-state index in [0.717, 1.165) is 18.7 Å². The Morgan fingerprint density at radius 1 is 1.62 bits per heavy atom. The molecule has 1 aromatic rings. The summed E-state index contributed by atoms with van der Waals surface area (Å²) < 4.78 is 26.5. The molecule has 1 fully saturated rings. The van der Waals surface area contributed by atoms with Gasteiger partial charge in [0.15, 0.2) is 5.13 Å². The van der Waals surface area contributed by atoms with Gasteiger partial charge in [0.1, 0.15) is 0 Å². The highest BCUT2D eigenvalue weighted by molar-refractivity contribution is 7.93. The lowest BCUT2D eigenvalue weighted by Crippen LogP contribution is -2.41. The van der Waals surface area contributed by atoms with E-state index in [1.54, 1.807) is 0 Å². The Hall–Kier alpha value is -0.660. The first-order valence-electron chi connectivity index (χ1n) is 5.22. The number of hydrogen-bond donors (Lipinski definition) is 2. The fraction of sp³-hybridized carbons (Fsp3) is 0.667. The van der Waals surface area contributed by atoms with Gasteiger partial charge in [0, 0.05) is 11.9 Å². The van der Waals surface area contributed by atoms with Gasteiger partial charge in [-0.1, -0.05) is 0 Å². The van der Waals surface area contributed by atoms with Crippen molar-refractivity contribution in [2.45, 2.75) is 25.0 Å². The molecule has 1 aromatic heterocycles. The molecule has 16 heavy (non-hydrogen) atoms. The highest BCUT2D eigenvalue weighted by Crippen LogP contribution is 2.19. The molecule has 1 aliphatic heterocycles. The molecule has 0 amide bonds. The zero-order valence-corrected chi connectivity index (χ0v) is 10.7. The van der Waals surface area contributed by atoms with E-state index in [2.05, 4.69) is 15.0 Å². The number of sulfonamides is 1. The molecule has 1 atom stereocenters. The van der Waals surface area contributed by atoms with Crippen LogP contribution in [0.1, 0.15) is 18.5 Å². The predicted molar refractivity (Wildman–Crippen MR) is 65.3 cm³/mol. The summed E-state index contributed by atoms with van der Waals surface area (Å²) in [5.74, 6) is 0. The summed E-state index contributed by atoms with van der Waals surface area (Å²) in [4.78, 5) is 4.10. The number of hydrogen-bond acceptors (Lipinski definition) is 5. The molecule has 0 bridgehead atoms. The Labute approximate surface area is 99.3 Å². The van der Waals surface area contributed by atoms with Crippen LogP contribution in [0.25, 0.3) is 0 Å². The average Bonchev–Trinajstić information content (AvgIpc) is 2.64. The van der Waals surface area contributed by atoms with Gasteiger partial charge in [-0.2, -0.15) is 0 Å². The van der Waals surface area contributed by atoms with Crippen LogP contribution in [0.15, 0.2) is 5.38 Å². The predicted octanol–water partition coefficient (Wildman–Crippen LogP) is 0.945. The van der Waals surface area contributed by atoms with E-state index in [1.165, 1.54) is 11.3 Å². The minimum Gasteiger partial charge on any atom is -0.315 e. The third kappa shape index (κ3) is 2.72. The van der Waals surface area contributed by atoms with E-state index in [-0.39, 0.29) is 5.25 Å². The summed E-state index contributed by atoms with van der Waals surface area (Å²) in [6.45, 7) is 3.28. The number of aromatic nitrogens is 1. The number of nitrogens with zero attached hydrogens (tertiary/aromatic N) is 1. The van der Waals surface area contributed by atoms with E-state index >= 15 is 0 Å². The number of rotatable bonds is 3. The minimum atomic E-state index is -3.29. The van der Waals surface area contributed by atoms with Crippen molar-refractivity contribution in [1.29, 1.82) is 0 Å². The average molecular weight is 261 g/mol. The minimum absolute atomic E-state index is 0.342. The third-order valence-corrected chi connectivity index (χ3v) is 5.30. The quantitative estimate of drug-likeness (QED) is 0.849. The van der Waals surface area contributed by atoms with Gasteiger partial charge in [0.2, 0.25) is 10.0 Å². The highest BCUT2D eigenvalue weighted by Gasteiger charge is 2.27. The monoisotopic (exact) mass is 261 g/mol. The van der Waals surface area contributed by atoms with E-state index in [1.807, 2.05) is 12.3 Å². The van der Waals surface area contributed by atoms with Crippen molar-refractivity contribution >= 4 is 26.5 Å². The maximum Gasteiger partial charge on any atom is 0.238 e. The second-order valence-electron chi connectivity index (χ2n) is 3.91. The first-order valence-corrected chi connectivity index (χ1v) is 7.65. The number of aryl methyl sites for hydroxylation is 1. The van der Waals surface area contributed by atoms with Crippen LogP contribution in [-0.2, 0) is 10.0 Å². The summed E-state index contributed by atoms with van der Waals surface area (Å²) >= 11 is 1.32. The Kier molecular flexibility index (Phi) is 3.46. The summed E-state index contributed by atoms with van der Waals surface area (Å²) in [5, 5.41) is 5.05. The maximum absolute atomic E-state index is 12.0. The van der Waals surface area contributed by atoms with Crippen LogP contribution in [0.4, 0.5) is 5.13 Å². The summed E-state index contributed by atoms with van der Waals surface area (Å²) in [7, 11) is -3.29. The molecule has 0 saturated carbocycles. The zero-order valence-electron chi connectivity index (χ0n) is 9.06. The Morgan fingerprint density at radius 3 is 3.00 bits per heavy atom. The van der Waals surface area contributed by atoms with Crippen molar-refractivity contribution in [1.82, 2.24) is 10.3 Å². The van der Waals surface area contributed by atoms with Crippen molar-refractivity contribution in [3.8, 4) is 0 Å². The van der Waals surface area contributed by atoms with Gasteiger partial charge >= 0.3 is 0 Å². The molecular formula is C9H15N3O2S2. The number of thiazole rings is 1. The van der Waals surface area contributed by atoms with Gasteiger partial charge in [-0.3, -0.25) is 4.72 Å². The molecule has 0 radical (unpaired) electrons. The van der Waals surface area contributed by atoms with Gasteiger partial charge in [-0.25, -0.2) is 13.4 Å². The summed E-state index contributed by atoms with van der Waals surface area (Å²) in [5.41, 5.74) is 0.837. The normalized spacial score (nSPS) is 21.9. The van der Waals surface area contributed by atoms with Crippen LogP contribution in [-0.4, -0.2) is 31.7 Å². The second kappa shape index (κ2) is 4.68. The molecule has 1 saturated heterocycles. The standard InChI is InChI=1S/C9H15N3O2S2/c1-7-6-15-9(11-7)12-16(13,14)8-3-2-4-10-5-8/h6,8,10H,2-5H2,1H3,(H,11,12). The van der Waals surface area contributed by atoms with Crippen molar-refractivity contribution in [3.63, 3.8) is 0 Å². The van der Waals surface area contributed by atoms with Crippen LogP contribution >= 0.6 is 11.3 Å². The lowest BCUT2D eigenvalue weighted by Gasteiger charge is -2.22. The zero-order chi connectivity index (χ0) is 11.6. The van der Waals surface area contributed by atoms with Gasteiger partial charge < -0.3 is 5.32 Å². The molecule has 0 aromatic carbocycles. The molecule has 5 nitrogen and oxygen atoms in total. The van der Waals surface area contributed by atoms with E-state index in [0.29, 0.717) is 18.1 Å². The van der Waals surface area contributed by atoms with Crippen LogP contribution in [0.5, 0.6) is 0 Å². The smallest absolute Gasteiger partial charge is 0.238 e. The molecule has 7 heteroatoms. The van der Waals surface area contributed by atoms with Gasteiger partial charge in [0.05, 0.1) is 10.9 Å². The van der Waals surface area contributed by atoms with Crippen LogP contribution in [0, 0.1) is 6.92 Å². The number of nitrogens with one attached hydrogen (secondary N) is 2. The molecule has 90 valence electrons. The van der Waals surface area contributed by atoms with Gasteiger partial charge in [0.25, 0.3) is 0 Å². The highest BCUT2D eigenvalue weighted by atomic mass is 32.2. The summed E-state index contributed by atoms with van der Waals surface area (Å²) in [6.07, 6.45) is 1.62. The lowest BCUT2D eigenvalue weighted by atomic mass is 10.2. The van der Waals surface area contributed by atoms with Crippen molar-refractivity contribution < 1.29 is 8.42 Å². The Bertz CT molecular complexity index is 449. The SMILES string of the molecule is Cc1csc(NS(=O)(=O)C2CCCNC2)n1. The lowest BCUT2D eigenvalue weighted by molar-refractivity contribution is 0.499. The molecule has 2 N–H and O–H groups in total. The molecule has 2 rings (SSSR count). The molecule has 0 aliphatic carbocycles. The Morgan fingerprint density at radius 2 is 2.44 bits per heavy atom. The van der Waals surface area contributed by atoms with Gasteiger partial charge in [-0.05, 0) is 26.3 Å². The molecule has 0 spiro atoms. The van der Waals surface area contributed by atoms with Crippen LogP contribution in [0.2, 0.25) is 0 Å².